The molecule has 0 bridgehead atoms. The number of halogens is 7. The second kappa shape index (κ2) is 53.2. The van der Waals surface area contributed by atoms with Crippen molar-refractivity contribution in [3.8, 4) is 22.3 Å². The Morgan fingerprint density at radius 1 is 0.362 bits per heavy atom. The van der Waals surface area contributed by atoms with Crippen LogP contribution in [0.15, 0.2) is 228 Å². The Kier molecular flexibility index (Phi) is 43.6. The number of esters is 8. The number of aromatic amines is 1. The highest BCUT2D eigenvalue weighted by Crippen LogP contribution is 2.33. The number of nitrogens with zero attached hydrogens (tertiary/aromatic N) is 4. The Balaban J connectivity index is 0.000000260. The molecule has 0 spiro atoms. The van der Waals surface area contributed by atoms with Crippen molar-refractivity contribution in [2.45, 2.75) is 159 Å². The molecule has 5 heterocycles. The zero-order chi connectivity index (χ0) is 103. The number of aryl methyl sites for hydroxylation is 4. The number of hydrogen-bond acceptors (Lipinski definition) is 22. The van der Waals surface area contributed by atoms with Crippen LogP contribution in [0.2, 0.25) is 0 Å². The molecule has 0 saturated heterocycles. The van der Waals surface area contributed by atoms with Crippen LogP contribution in [0.3, 0.4) is 0 Å². The molecule has 0 saturated carbocycles. The van der Waals surface area contributed by atoms with Crippen LogP contribution in [-0.4, -0.2) is 163 Å². The highest BCUT2D eigenvalue weighted by Gasteiger charge is 2.30. The van der Waals surface area contributed by atoms with E-state index in [-0.39, 0.29) is 79.0 Å². The first-order valence-corrected chi connectivity index (χ1v) is 45.1. The quantitative estimate of drug-likeness (QED) is 0.0113. The van der Waals surface area contributed by atoms with Crippen molar-refractivity contribution in [1.82, 2.24) is 23.3 Å². The molecule has 35 heteroatoms. The van der Waals surface area contributed by atoms with Gasteiger partial charge in [-0.25, -0.2) is 55.9 Å². The van der Waals surface area contributed by atoms with E-state index in [4.69, 9.17) is 45.3 Å². The normalized spacial score (nSPS) is 10.7. The Labute approximate surface area is 819 Å². The molecule has 0 aliphatic rings. The van der Waals surface area contributed by atoms with Crippen molar-refractivity contribution in [3.63, 3.8) is 0 Å². The van der Waals surface area contributed by atoms with Crippen LogP contribution in [0.25, 0.3) is 22.3 Å². The Morgan fingerprint density at radius 2 is 0.681 bits per heavy atom. The van der Waals surface area contributed by atoms with Gasteiger partial charge in [0.25, 0.3) is 5.24 Å². The average molecular weight is 2050 g/mol. The zero-order valence-corrected chi connectivity index (χ0v) is 83.4. The molecule has 0 aliphatic heterocycles. The number of carbonyl (C=O) groups is 12. The molecule has 0 amide bonds. The number of aromatic nitrogens is 5. The number of nitrogens with one attached hydrogen (secondary N) is 1. The van der Waals surface area contributed by atoms with Gasteiger partial charge in [0.1, 0.15) is 40.1 Å². The third-order valence-corrected chi connectivity index (χ3v) is 20.2. The highest BCUT2D eigenvalue weighted by molar-refractivity contribution is 9.10. The molecule has 0 radical (unpaired) electrons. The van der Waals surface area contributed by atoms with Gasteiger partial charge >= 0.3 is 54.9 Å². The first kappa shape index (κ1) is 113. The summed E-state index contributed by atoms with van der Waals surface area (Å²) in [5.74, 6) is -8.09. The Morgan fingerprint density at radius 3 is 1.00 bits per heavy atom. The van der Waals surface area contributed by atoms with E-state index in [0.29, 0.717) is 73.1 Å². The van der Waals surface area contributed by atoms with Gasteiger partial charge in [0, 0.05) is 78.5 Å². The molecule has 27 nitrogen and oxygen atoms in total. The summed E-state index contributed by atoms with van der Waals surface area (Å²) >= 11 is 11.3. The van der Waals surface area contributed by atoms with Crippen LogP contribution >= 0.6 is 43.5 Å². The van der Waals surface area contributed by atoms with E-state index in [1.165, 1.54) is 127 Å². The van der Waals surface area contributed by atoms with E-state index < -0.39 is 106 Å². The Bertz CT molecular complexity index is 6100. The van der Waals surface area contributed by atoms with E-state index in [2.05, 4.69) is 58.0 Å². The van der Waals surface area contributed by atoms with E-state index in [0.717, 1.165) is 32.2 Å². The fourth-order valence-corrected chi connectivity index (χ4v) is 13.7. The number of benzene rings is 7. The van der Waals surface area contributed by atoms with Crippen LogP contribution in [0.1, 0.15) is 257 Å². The van der Waals surface area contributed by atoms with Gasteiger partial charge in [-0.2, -0.15) is 0 Å². The van der Waals surface area contributed by atoms with Crippen molar-refractivity contribution in [1.29, 1.82) is 0 Å². The van der Waals surface area contributed by atoms with Crippen LogP contribution in [0, 0.1) is 23.3 Å². The largest absolute Gasteiger partial charge is 0.489 e. The average Bonchev–Trinajstić information content (AvgIpc) is 1.50. The molecule has 0 fully saturated rings. The number of methoxy groups -OCH3 is 5. The molecule has 3 N–H and O–H groups in total. The van der Waals surface area contributed by atoms with Gasteiger partial charge in [0.15, 0.2) is 0 Å². The molecule has 0 unspecified atom stereocenters. The summed E-state index contributed by atoms with van der Waals surface area (Å²) in [6.45, 7) is 26.3. The van der Waals surface area contributed by atoms with E-state index in [1.54, 1.807) is 198 Å². The van der Waals surface area contributed by atoms with E-state index in [9.17, 15) is 66.3 Å². The third kappa shape index (κ3) is 33.4. The summed E-state index contributed by atoms with van der Waals surface area (Å²) < 4.78 is 104. The molecule has 730 valence electrons. The maximum Gasteiger partial charge on any atom is 0.489 e. The predicted molar refractivity (Wildman–Crippen MR) is 521 cm³/mol. The lowest BCUT2D eigenvalue weighted by molar-refractivity contribution is 0.00578. The van der Waals surface area contributed by atoms with Crippen LogP contribution < -0.4 is 5.46 Å². The summed E-state index contributed by atoms with van der Waals surface area (Å²) in [7, 11) is 4.86. The predicted octanol–water partition coefficient (Wildman–Crippen LogP) is 20.9. The van der Waals surface area contributed by atoms with Crippen LogP contribution in [0.4, 0.5) is 17.6 Å². The number of carbonyl (C=O) groups excluding carboxylic acids is 12. The van der Waals surface area contributed by atoms with Crippen LogP contribution in [-0.2, 0) is 64.1 Å². The minimum absolute atomic E-state index is 0.0323. The molecule has 12 rings (SSSR count). The highest BCUT2D eigenvalue weighted by atomic mass is 79.9. The topological polar surface area (TPSA) is 355 Å². The SMILES string of the molecule is CC(C)(C)OC(=O)c1ccccc1B(O)O.CCCn1cc(C(=O)OC)cc1C(=O)c1ccc(-c2ccccc2C(=O)OC(C)(C)C)cc1F.CCCn1cc(C(=O)OC)cc1C(=O)c1ccc(-c2ccccc2C(=O)OC(C)(C)C)cc1F.CCCn1cc(C(=O)OC)cc1C(=O)c1ccc(Br)cc1F.CCCn1ccc(C(=O)OC)c1.COC(=O)c1cc[nH]c1.O=C(Cl)c1ccc(Br)cc1F. The molecule has 0 atom stereocenters. The first-order chi connectivity index (χ1) is 65.1. The minimum atomic E-state index is -1.68. The zero-order valence-electron chi connectivity index (χ0n) is 79.5. The number of H-pyrrole nitrogens is 1. The number of hydrogen-bond donors (Lipinski definition) is 3. The lowest BCUT2D eigenvalue weighted by Gasteiger charge is -2.20. The smallest absolute Gasteiger partial charge is 0.465 e. The van der Waals surface area contributed by atoms with Crippen molar-refractivity contribution < 1.29 is 123 Å². The molecular weight excluding hydrogens is 1940 g/mol. The maximum atomic E-state index is 15.2. The van der Waals surface area contributed by atoms with Gasteiger partial charge < -0.3 is 71.2 Å². The van der Waals surface area contributed by atoms with Crippen molar-refractivity contribution in [2.24, 2.45) is 0 Å². The van der Waals surface area contributed by atoms with E-state index >= 15 is 8.78 Å². The minimum Gasteiger partial charge on any atom is -0.465 e. The van der Waals surface area contributed by atoms with Crippen LogP contribution in [0.5, 0.6) is 0 Å². The lowest BCUT2D eigenvalue weighted by atomic mass is 9.77. The standard InChI is InChI=1S/2C27H28FNO5.C16H15BrFNO3.C11H15BO4.C9H13NO2.C7H3BrClFO.C6H7NO2/c2*1-6-13-29-16-18(25(31)33-5)15-23(29)24(30)21-12-11-17(14-22(21)28)19-9-7-8-10-20(19)26(32)34-27(2,3)4;1-3-6-19-9-10(16(21)22-2)7-14(19)15(20)12-5-4-11(17)8-13(12)18;1-11(2,3)16-10(13)8-6-4-5-7-9(8)12(14)15;1-3-5-10-6-4-8(7-10)9(11)12-2;8-4-1-2-5(7(9)11)6(10)3-4;1-9-6(8)5-2-3-7-4-5/h2*7-12,14-16H,6,13H2,1-5H3;4-5,7-9H,3,6H2,1-2H3;4-7,14-15H,1-3H3;4,6-7H,3,5H2,1-2H3;1-3H;2-4,7H,1H3. The number of ketones is 3. The molecular formula is C103H109BBr2ClF4N5O22. The lowest BCUT2D eigenvalue weighted by Crippen LogP contribution is -2.36. The maximum absolute atomic E-state index is 15.2. The summed E-state index contributed by atoms with van der Waals surface area (Å²) in [6.07, 6.45) is 14.9. The summed E-state index contributed by atoms with van der Waals surface area (Å²) in [6, 6.07) is 44.2. The van der Waals surface area contributed by atoms with Crippen molar-refractivity contribution >= 4 is 126 Å². The van der Waals surface area contributed by atoms with Gasteiger partial charge in [0.05, 0.1) is 119 Å². The second-order valence-electron chi connectivity index (χ2n) is 33.1. The number of rotatable bonds is 26. The second-order valence-corrected chi connectivity index (χ2v) is 35.2. The molecule has 7 aromatic carbocycles. The summed E-state index contributed by atoms with van der Waals surface area (Å²) in [5.41, 5.74) is 2.99. The van der Waals surface area contributed by atoms with Gasteiger partial charge in [-0.3, -0.25) is 19.2 Å². The summed E-state index contributed by atoms with van der Waals surface area (Å²) in [5, 5.41) is 17.4. The monoisotopic (exact) mass is 2050 g/mol. The van der Waals surface area contributed by atoms with Gasteiger partial charge in [-0.1, -0.05) is 126 Å². The van der Waals surface area contributed by atoms with Gasteiger partial charge in [-0.15, -0.1) is 0 Å². The van der Waals surface area contributed by atoms with Gasteiger partial charge in [0.2, 0.25) is 17.3 Å². The Hall–Kier alpha value is -13.7. The molecule has 138 heavy (non-hydrogen) atoms. The van der Waals surface area contributed by atoms with Crippen molar-refractivity contribution in [2.75, 3.05) is 35.5 Å². The first-order valence-electron chi connectivity index (χ1n) is 43.1. The fourth-order valence-electron chi connectivity index (χ4n) is 12.9. The molecule has 5 aromatic heterocycles. The molecule has 0 aliphatic carbocycles. The number of ether oxygens (including phenoxy) is 8. The molecule has 12 aromatic rings. The van der Waals surface area contributed by atoms with E-state index in [1.807, 2.05) is 31.5 Å². The third-order valence-electron chi connectivity index (χ3n) is 19.0. The summed E-state index contributed by atoms with van der Waals surface area (Å²) in [4.78, 5) is 146. The van der Waals surface area contributed by atoms with Crippen molar-refractivity contribution in [3.05, 3.63) is 335 Å². The fraction of sp³-hybridized carbons (Fsp3) is 0.282. The van der Waals surface area contributed by atoms with Gasteiger partial charge in [-0.05, 0) is 237 Å².